The van der Waals surface area contributed by atoms with Gasteiger partial charge in [0, 0.05) is 6.04 Å². The number of hydrogen-bond acceptors (Lipinski definition) is 1. The molecular formula is C15H24ClNO. The van der Waals surface area contributed by atoms with Gasteiger partial charge in [-0.1, -0.05) is 0 Å². The van der Waals surface area contributed by atoms with Gasteiger partial charge in [-0.05, 0) is 75.5 Å². The molecule has 0 spiro atoms. The molecule has 0 aromatic heterocycles. The van der Waals surface area contributed by atoms with Crippen LogP contribution in [0.25, 0.3) is 0 Å². The highest BCUT2D eigenvalue weighted by Crippen LogP contribution is 2.61. The minimum absolute atomic E-state index is 0.0000814. The summed E-state index contributed by atoms with van der Waals surface area (Å²) in [5.74, 6) is 2.80. The highest BCUT2D eigenvalue weighted by Gasteiger charge is 2.53. The maximum Gasteiger partial charge on any atom is 0.237 e. The Balaban J connectivity index is 1.73. The van der Waals surface area contributed by atoms with Gasteiger partial charge in [0.05, 0.1) is 0 Å². The lowest BCUT2D eigenvalue weighted by Crippen LogP contribution is -2.56. The number of carbonyl (C=O) groups excluding carboxylic acids is 1. The summed E-state index contributed by atoms with van der Waals surface area (Å²) in [6.45, 7) is 3.95. The first-order valence-electron chi connectivity index (χ1n) is 7.43. The van der Waals surface area contributed by atoms with E-state index in [0.29, 0.717) is 11.5 Å². The quantitative estimate of drug-likeness (QED) is 0.783. The van der Waals surface area contributed by atoms with Crippen LogP contribution in [0.5, 0.6) is 0 Å². The minimum Gasteiger partial charge on any atom is -0.352 e. The zero-order chi connectivity index (χ0) is 12.9. The smallest absolute Gasteiger partial charge is 0.237 e. The second-order valence-corrected chi connectivity index (χ2v) is 7.78. The number of hydrogen-bond donors (Lipinski definition) is 1. The van der Waals surface area contributed by atoms with Crippen molar-refractivity contribution >= 4 is 17.5 Å². The van der Waals surface area contributed by atoms with Crippen LogP contribution in [-0.2, 0) is 4.79 Å². The monoisotopic (exact) mass is 269 g/mol. The van der Waals surface area contributed by atoms with Crippen LogP contribution in [0.3, 0.4) is 0 Å². The molecule has 4 rings (SSSR count). The Bertz CT molecular complexity index is 317. The molecule has 0 aromatic rings. The van der Waals surface area contributed by atoms with Crippen LogP contribution in [0, 0.1) is 23.2 Å². The van der Waals surface area contributed by atoms with Crippen LogP contribution in [0.4, 0.5) is 0 Å². The lowest BCUT2D eigenvalue weighted by atomic mass is 9.48. The Morgan fingerprint density at radius 2 is 1.56 bits per heavy atom. The van der Waals surface area contributed by atoms with E-state index in [-0.39, 0.29) is 5.91 Å². The molecule has 0 heterocycles. The van der Waals surface area contributed by atoms with Gasteiger partial charge < -0.3 is 5.32 Å². The third-order valence-electron chi connectivity index (χ3n) is 5.72. The molecule has 4 bridgehead atoms. The third kappa shape index (κ3) is 2.07. The second kappa shape index (κ2) is 4.40. The molecule has 3 heteroatoms. The molecule has 0 aromatic carbocycles. The van der Waals surface area contributed by atoms with Gasteiger partial charge in [-0.25, -0.2) is 0 Å². The Hall–Kier alpha value is -0.240. The fourth-order valence-electron chi connectivity index (χ4n) is 5.19. The van der Waals surface area contributed by atoms with Crippen molar-refractivity contribution in [1.29, 1.82) is 0 Å². The number of halogens is 1. The van der Waals surface area contributed by atoms with E-state index < -0.39 is 5.38 Å². The first-order chi connectivity index (χ1) is 8.48. The fraction of sp³-hybridized carbons (Fsp3) is 0.933. The summed E-state index contributed by atoms with van der Waals surface area (Å²) < 4.78 is 0. The van der Waals surface area contributed by atoms with Crippen molar-refractivity contribution in [1.82, 2.24) is 5.32 Å². The van der Waals surface area contributed by atoms with Gasteiger partial charge in [0.15, 0.2) is 0 Å². The van der Waals surface area contributed by atoms with Crippen LogP contribution >= 0.6 is 11.6 Å². The molecular weight excluding hydrogens is 246 g/mol. The summed E-state index contributed by atoms with van der Waals surface area (Å²) in [5, 5.41) is 2.75. The summed E-state index contributed by atoms with van der Waals surface area (Å²) in [4.78, 5) is 11.8. The lowest BCUT2D eigenvalue weighted by Gasteiger charge is -2.59. The van der Waals surface area contributed by atoms with Gasteiger partial charge in [-0.3, -0.25) is 4.79 Å². The van der Waals surface area contributed by atoms with Gasteiger partial charge >= 0.3 is 0 Å². The summed E-state index contributed by atoms with van der Waals surface area (Å²) >= 11 is 5.87. The summed E-state index contributed by atoms with van der Waals surface area (Å²) in [5.41, 5.74) is 0.385. The zero-order valence-corrected chi connectivity index (χ0v) is 12.2. The third-order valence-corrected chi connectivity index (χ3v) is 5.92. The van der Waals surface area contributed by atoms with Crippen molar-refractivity contribution in [3.8, 4) is 0 Å². The number of carbonyl (C=O) groups is 1. The Labute approximate surface area is 115 Å². The predicted molar refractivity (Wildman–Crippen MR) is 73.5 cm³/mol. The van der Waals surface area contributed by atoms with Crippen molar-refractivity contribution in [2.24, 2.45) is 23.2 Å². The lowest BCUT2D eigenvalue weighted by molar-refractivity contribution is -0.125. The Morgan fingerprint density at radius 1 is 1.11 bits per heavy atom. The van der Waals surface area contributed by atoms with Crippen molar-refractivity contribution in [3.63, 3.8) is 0 Å². The molecule has 4 saturated carbocycles. The summed E-state index contributed by atoms with van der Waals surface area (Å²) in [6.07, 6.45) is 8.34. The van der Waals surface area contributed by atoms with Gasteiger partial charge in [0.1, 0.15) is 5.38 Å². The number of amides is 1. The molecule has 4 aliphatic rings. The SMILES string of the molecule is C[C@@H](Cl)C(=O)N[C@H](C)C12CC3CC(CC(C3)C1)C2. The average molecular weight is 270 g/mol. The molecule has 0 saturated heterocycles. The van der Waals surface area contributed by atoms with Crippen LogP contribution in [-0.4, -0.2) is 17.3 Å². The van der Waals surface area contributed by atoms with Gasteiger partial charge in [-0.15, -0.1) is 11.6 Å². The standard InChI is InChI=1S/C15H24ClNO/c1-9(16)14(18)17-10(2)15-6-11-3-12(7-15)5-13(4-11)8-15/h9-13H,3-8H2,1-2H3,(H,17,18)/t9-,10-,11?,12?,13?,15?/m1/s1. The number of rotatable bonds is 3. The first kappa shape index (κ1) is 12.8. The zero-order valence-electron chi connectivity index (χ0n) is 11.4. The molecule has 18 heavy (non-hydrogen) atoms. The number of nitrogens with one attached hydrogen (secondary N) is 1. The topological polar surface area (TPSA) is 29.1 Å². The van der Waals surface area contributed by atoms with E-state index >= 15 is 0 Å². The first-order valence-corrected chi connectivity index (χ1v) is 7.86. The molecule has 102 valence electrons. The summed E-state index contributed by atoms with van der Waals surface area (Å²) in [6, 6.07) is 0.291. The molecule has 0 radical (unpaired) electrons. The van der Waals surface area contributed by atoms with E-state index in [4.69, 9.17) is 11.6 Å². The Kier molecular flexibility index (Phi) is 3.12. The van der Waals surface area contributed by atoms with Crippen molar-refractivity contribution in [3.05, 3.63) is 0 Å². The molecule has 4 aliphatic carbocycles. The van der Waals surface area contributed by atoms with Crippen LogP contribution in [0.2, 0.25) is 0 Å². The Morgan fingerprint density at radius 3 is 1.94 bits per heavy atom. The van der Waals surface area contributed by atoms with E-state index in [1.54, 1.807) is 6.92 Å². The maximum absolute atomic E-state index is 11.8. The minimum atomic E-state index is -0.415. The van der Waals surface area contributed by atoms with E-state index in [2.05, 4.69) is 12.2 Å². The second-order valence-electron chi connectivity index (χ2n) is 7.13. The largest absolute Gasteiger partial charge is 0.352 e. The number of alkyl halides is 1. The van der Waals surface area contributed by atoms with E-state index in [1.807, 2.05) is 0 Å². The van der Waals surface area contributed by atoms with Gasteiger partial charge in [0.2, 0.25) is 5.91 Å². The molecule has 4 fully saturated rings. The molecule has 0 unspecified atom stereocenters. The van der Waals surface area contributed by atoms with Crippen molar-refractivity contribution in [2.75, 3.05) is 0 Å². The van der Waals surface area contributed by atoms with Crippen LogP contribution in [0.1, 0.15) is 52.4 Å². The maximum atomic E-state index is 11.8. The van der Waals surface area contributed by atoms with Gasteiger partial charge in [-0.2, -0.15) is 0 Å². The fourth-order valence-corrected chi connectivity index (χ4v) is 5.25. The summed E-state index contributed by atoms with van der Waals surface area (Å²) in [7, 11) is 0. The normalized spacial score (nSPS) is 44.7. The molecule has 1 amide bonds. The molecule has 0 aliphatic heterocycles. The van der Waals surface area contributed by atoms with E-state index in [1.165, 1.54) is 38.5 Å². The van der Waals surface area contributed by atoms with Crippen molar-refractivity contribution in [2.45, 2.75) is 63.8 Å². The highest BCUT2D eigenvalue weighted by atomic mass is 35.5. The predicted octanol–water partition coefficient (Wildman–Crippen LogP) is 3.33. The van der Waals surface area contributed by atoms with Gasteiger partial charge in [0.25, 0.3) is 0 Å². The van der Waals surface area contributed by atoms with Crippen molar-refractivity contribution < 1.29 is 4.79 Å². The van der Waals surface area contributed by atoms with E-state index in [9.17, 15) is 4.79 Å². The van der Waals surface area contributed by atoms with Crippen LogP contribution in [0.15, 0.2) is 0 Å². The average Bonchev–Trinajstić information content (AvgIpc) is 2.26. The molecule has 2 atom stereocenters. The molecule has 1 N–H and O–H groups in total. The molecule has 2 nitrogen and oxygen atoms in total. The van der Waals surface area contributed by atoms with Crippen LogP contribution < -0.4 is 5.32 Å². The highest BCUT2D eigenvalue weighted by molar-refractivity contribution is 6.30. The van der Waals surface area contributed by atoms with E-state index in [0.717, 1.165) is 17.8 Å².